The molecule has 0 aromatic rings. The predicted molar refractivity (Wildman–Crippen MR) is 48.2 cm³/mol. The van der Waals surface area contributed by atoms with E-state index in [0.717, 1.165) is 0 Å². The van der Waals surface area contributed by atoms with Gasteiger partial charge in [0.25, 0.3) is 0 Å². The van der Waals surface area contributed by atoms with E-state index in [-0.39, 0.29) is 11.9 Å². The summed E-state index contributed by atoms with van der Waals surface area (Å²) < 4.78 is 12.1. The van der Waals surface area contributed by atoms with Crippen LogP contribution >= 0.6 is 0 Å². The number of alkyl halides is 1. The van der Waals surface area contributed by atoms with E-state index in [1.807, 2.05) is 0 Å². The molecule has 2 atom stereocenters. The molecule has 0 bridgehead atoms. The largest absolute Gasteiger partial charge is 0.393 e. The molecule has 4 N–H and O–H groups in total. The Hall–Kier alpha value is -0.840. The maximum atomic E-state index is 12.1. The molecule has 5 heteroatoms. The Morgan fingerprint density at radius 2 is 2.38 bits per heavy atom. The van der Waals surface area contributed by atoms with E-state index < -0.39 is 12.8 Å². The van der Waals surface area contributed by atoms with Crippen LogP contribution < -0.4 is 5.73 Å². The summed E-state index contributed by atoms with van der Waals surface area (Å²) in [6, 6.07) is 0. The van der Waals surface area contributed by atoms with Crippen LogP contribution in [0.2, 0.25) is 0 Å². The fourth-order valence-corrected chi connectivity index (χ4v) is 1.66. The molecule has 4 nitrogen and oxygen atoms in total. The van der Waals surface area contributed by atoms with Crippen molar-refractivity contribution in [3.05, 3.63) is 0 Å². The number of aliphatic hydroxyl groups is 1. The summed E-state index contributed by atoms with van der Waals surface area (Å²) in [5.74, 6) is -0.0709. The van der Waals surface area contributed by atoms with Crippen molar-refractivity contribution in [1.29, 1.82) is 5.41 Å². The average Bonchev–Trinajstić information content (AvgIpc) is 2.08. The van der Waals surface area contributed by atoms with E-state index >= 15 is 0 Å². The third-order valence-electron chi connectivity index (χ3n) is 2.51. The van der Waals surface area contributed by atoms with Gasteiger partial charge in [-0.25, -0.2) is 0 Å². The van der Waals surface area contributed by atoms with Crippen LogP contribution in [-0.4, -0.2) is 41.8 Å². The number of nitrogens with zero attached hydrogens (tertiary/aromatic N) is 1. The maximum absolute atomic E-state index is 12.1. The van der Waals surface area contributed by atoms with Gasteiger partial charge in [0.2, 0.25) is 0 Å². The van der Waals surface area contributed by atoms with Crippen LogP contribution in [-0.2, 0) is 0 Å². The van der Waals surface area contributed by atoms with E-state index in [0.29, 0.717) is 25.9 Å². The molecule has 0 spiro atoms. The van der Waals surface area contributed by atoms with Gasteiger partial charge in [0.1, 0.15) is 0 Å². The number of guanidine groups is 1. The first-order valence-corrected chi connectivity index (χ1v) is 4.48. The van der Waals surface area contributed by atoms with E-state index in [1.54, 1.807) is 4.90 Å². The van der Waals surface area contributed by atoms with Gasteiger partial charge in [-0.2, -0.15) is 0 Å². The Balaban J connectivity index is 2.47. The van der Waals surface area contributed by atoms with Gasteiger partial charge in [0.05, 0.1) is 12.8 Å². The number of rotatable bonds is 2. The first kappa shape index (κ1) is 10.2. The molecule has 1 saturated heterocycles. The molecule has 0 aliphatic carbocycles. The first-order chi connectivity index (χ1) is 6.15. The first-order valence-electron chi connectivity index (χ1n) is 4.48. The van der Waals surface area contributed by atoms with Crippen LogP contribution in [0.3, 0.4) is 0 Å². The van der Waals surface area contributed by atoms with Crippen molar-refractivity contribution in [1.82, 2.24) is 4.90 Å². The fourth-order valence-electron chi connectivity index (χ4n) is 1.66. The lowest BCUT2D eigenvalue weighted by atomic mass is 9.92. The summed E-state index contributed by atoms with van der Waals surface area (Å²) in [7, 11) is 0. The van der Waals surface area contributed by atoms with Crippen LogP contribution in [0.4, 0.5) is 4.39 Å². The van der Waals surface area contributed by atoms with Gasteiger partial charge < -0.3 is 15.7 Å². The lowest BCUT2D eigenvalue weighted by Crippen LogP contribution is -2.48. The number of nitrogens with one attached hydrogen (secondary N) is 1. The van der Waals surface area contributed by atoms with E-state index in [1.165, 1.54) is 0 Å². The highest BCUT2D eigenvalue weighted by atomic mass is 19.1. The minimum absolute atomic E-state index is 0.00996. The van der Waals surface area contributed by atoms with Crippen LogP contribution in [0.15, 0.2) is 0 Å². The van der Waals surface area contributed by atoms with E-state index in [4.69, 9.17) is 11.1 Å². The Labute approximate surface area is 77.0 Å². The molecule has 1 aliphatic heterocycles. The number of hydrogen-bond acceptors (Lipinski definition) is 2. The molecule has 0 radical (unpaired) electrons. The number of halogens is 1. The van der Waals surface area contributed by atoms with Crippen LogP contribution in [0, 0.1) is 11.3 Å². The van der Waals surface area contributed by atoms with E-state index in [9.17, 15) is 9.50 Å². The van der Waals surface area contributed by atoms with Crippen molar-refractivity contribution < 1.29 is 9.50 Å². The third kappa shape index (κ3) is 2.55. The van der Waals surface area contributed by atoms with Gasteiger partial charge in [0.15, 0.2) is 5.96 Å². The zero-order chi connectivity index (χ0) is 9.84. The monoisotopic (exact) mass is 189 g/mol. The highest BCUT2D eigenvalue weighted by molar-refractivity contribution is 5.74. The SMILES string of the molecule is N=C(N)N1CC[C@@H](O)[C@H](CCF)C1. The second kappa shape index (κ2) is 4.41. The molecule has 0 unspecified atom stereocenters. The highest BCUT2D eigenvalue weighted by Crippen LogP contribution is 2.19. The number of piperidine rings is 1. The molecule has 1 rings (SSSR count). The lowest BCUT2D eigenvalue weighted by Gasteiger charge is -2.36. The number of nitrogens with two attached hydrogens (primary N) is 1. The van der Waals surface area contributed by atoms with Gasteiger partial charge in [-0.15, -0.1) is 0 Å². The summed E-state index contributed by atoms with van der Waals surface area (Å²) >= 11 is 0. The topological polar surface area (TPSA) is 73.3 Å². The summed E-state index contributed by atoms with van der Waals surface area (Å²) in [4.78, 5) is 1.67. The van der Waals surface area contributed by atoms with Gasteiger partial charge >= 0.3 is 0 Å². The molecule has 0 aromatic heterocycles. The zero-order valence-corrected chi connectivity index (χ0v) is 7.54. The highest BCUT2D eigenvalue weighted by Gasteiger charge is 2.27. The predicted octanol–water partition coefficient (Wildman–Crippen LogP) is -0.0777. The Morgan fingerprint density at radius 3 is 2.92 bits per heavy atom. The molecule has 76 valence electrons. The van der Waals surface area contributed by atoms with Gasteiger partial charge in [0, 0.05) is 19.0 Å². The van der Waals surface area contributed by atoms with Crippen molar-refractivity contribution in [3.63, 3.8) is 0 Å². The van der Waals surface area contributed by atoms with Crippen LogP contribution in [0.1, 0.15) is 12.8 Å². The average molecular weight is 189 g/mol. The minimum Gasteiger partial charge on any atom is -0.393 e. The number of hydrogen-bond donors (Lipinski definition) is 3. The lowest BCUT2D eigenvalue weighted by molar-refractivity contribution is 0.0419. The smallest absolute Gasteiger partial charge is 0.188 e. The third-order valence-corrected chi connectivity index (χ3v) is 2.51. The van der Waals surface area contributed by atoms with Gasteiger partial charge in [-0.3, -0.25) is 9.80 Å². The van der Waals surface area contributed by atoms with E-state index in [2.05, 4.69) is 0 Å². The molecule has 0 saturated carbocycles. The van der Waals surface area contributed by atoms with Crippen molar-refractivity contribution in [2.45, 2.75) is 18.9 Å². The Morgan fingerprint density at radius 1 is 1.69 bits per heavy atom. The zero-order valence-electron chi connectivity index (χ0n) is 7.54. The Kier molecular flexibility index (Phi) is 3.48. The van der Waals surface area contributed by atoms with Crippen molar-refractivity contribution in [2.24, 2.45) is 11.7 Å². The quantitative estimate of drug-likeness (QED) is 0.420. The van der Waals surface area contributed by atoms with Gasteiger partial charge in [-0.05, 0) is 12.8 Å². The normalized spacial score (nSPS) is 28.9. The molecule has 13 heavy (non-hydrogen) atoms. The maximum Gasteiger partial charge on any atom is 0.188 e. The number of likely N-dealkylation sites (tertiary alicyclic amines) is 1. The fraction of sp³-hybridized carbons (Fsp3) is 0.875. The minimum atomic E-state index is -0.439. The number of aliphatic hydroxyl groups excluding tert-OH is 1. The second-order valence-corrected chi connectivity index (χ2v) is 3.43. The molecule has 1 aliphatic rings. The second-order valence-electron chi connectivity index (χ2n) is 3.43. The standard InChI is InChI=1S/C8H16FN3O/c9-3-1-6-5-12(8(10)11)4-2-7(6)13/h6-7,13H,1-5H2,(H3,10,11)/t6-,7-/m1/s1. The summed E-state index contributed by atoms with van der Waals surface area (Å²) in [6.45, 7) is 0.674. The van der Waals surface area contributed by atoms with Crippen molar-refractivity contribution in [2.75, 3.05) is 19.8 Å². The summed E-state index contributed by atoms with van der Waals surface area (Å²) in [6.07, 6.45) is 0.487. The summed E-state index contributed by atoms with van der Waals surface area (Å²) in [5.41, 5.74) is 5.30. The van der Waals surface area contributed by atoms with Crippen molar-refractivity contribution >= 4 is 5.96 Å². The molecular weight excluding hydrogens is 173 g/mol. The molecule has 1 fully saturated rings. The molecule has 1 heterocycles. The van der Waals surface area contributed by atoms with Gasteiger partial charge in [-0.1, -0.05) is 0 Å². The van der Waals surface area contributed by atoms with Crippen LogP contribution in [0.25, 0.3) is 0 Å². The van der Waals surface area contributed by atoms with Crippen molar-refractivity contribution in [3.8, 4) is 0 Å². The molecule has 0 aromatic carbocycles. The Bertz CT molecular complexity index is 188. The summed E-state index contributed by atoms with van der Waals surface area (Å²) in [5, 5.41) is 16.7. The molecule has 0 amide bonds. The van der Waals surface area contributed by atoms with Crippen LogP contribution in [0.5, 0.6) is 0 Å². The molecular formula is C8H16FN3O.